The SMILES string of the molecule is CN(C)C1CCCCC1N(C)C(=O)CN. The maximum absolute atomic E-state index is 11.6. The smallest absolute Gasteiger partial charge is 0.236 e. The van der Waals surface area contributed by atoms with Gasteiger partial charge in [-0.15, -0.1) is 0 Å². The van der Waals surface area contributed by atoms with Crippen molar-refractivity contribution in [1.82, 2.24) is 9.80 Å². The summed E-state index contributed by atoms with van der Waals surface area (Å²) in [5.74, 6) is 0.0498. The van der Waals surface area contributed by atoms with E-state index in [9.17, 15) is 4.79 Å². The Labute approximate surface area is 92.4 Å². The Morgan fingerprint density at radius 2 is 1.73 bits per heavy atom. The number of likely N-dealkylation sites (N-methyl/N-ethyl adjacent to an activating group) is 2. The van der Waals surface area contributed by atoms with Gasteiger partial charge in [-0.25, -0.2) is 0 Å². The number of hydrogen-bond donors (Lipinski definition) is 1. The van der Waals surface area contributed by atoms with Gasteiger partial charge < -0.3 is 15.5 Å². The summed E-state index contributed by atoms with van der Waals surface area (Å²) >= 11 is 0. The van der Waals surface area contributed by atoms with Crippen molar-refractivity contribution >= 4 is 5.91 Å². The maximum atomic E-state index is 11.6. The van der Waals surface area contributed by atoms with E-state index in [4.69, 9.17) is 5.73 Å². The van der Waals surface area contributed by atoms with Gasteiger partial charge in [-0.1, -0.05) is 12.8 Å². The van der Waals surface area contributed by atoms with Gasteiger partial charge in [0.2, 0.25) is 5.91 Å². The first-order valence-electron chi connectivity index (χ1n) is 5.70. The molecular formula is C11H23N3O. The number of carbonyl (C=O) groups excluding carboxylic acids is 1. The molecule has 0 heterocycles. The quantitative estimate of drug-likeness (QED) is 0.732. The molecule has 4 heteroatoms. The zero-order valence-electron chi connectivity index (χ0n) is 10.1. The van der Waals surface area contributed by atoms with Gasteiger partial charge in [0, 0.05) is 19.1 Å². The molecule has 0 bridgehead atoms. The molecule has 1 saturated carbocycles. The molecule has 88 valence electrons. The summed E-state index contributed by atoms with van der Waals surface area (Å²) in [6.07, 6.45) is 4.77. The Hall–Kier alpha value is -0.610. The van der Waals surface area contributed by atoms with Gasteiger partial charge in [0.1, 0.15) is 0 Å². The molecule has 0 radical (unpaired) electrons. The Morgan fingerprint density at radius 1 is 1.20 bits per heavy atom. The monoisotopic (exact) mass is 213 g/mol. The van der Waals surface area contributed by atoms with Crippen LogP contribution in [0.5, 0.6) is 0 Å². The first-order chi connectivity index (χ1) is 7.07. The molecule has 4 nitrogen and oxygen atoms in total. The lowest BCUT2D eigenvalue weighted by molar-refractivity contribution is -0.132. The van der Waals surface area contributed by atoms with Crippen LogP contribution in [-0.4, -0.2) is 55.5 Å². The fraction of sp³-hybridized carbons (Fsp3) is 0.909. The summed E-state index contributed by atoms with van der Waals surface area (Å²) in [5.41, 5.74) is 5.40. The molecule has 1 aliphatic carbocycles. The highest BCUT2D eigenvalue weighted by Gasteiger charge is 2.31. The van der Waals surface area contributed by atoms with Crippen molar-refractivity contribution in [2.24, 2.45) is 5.73 Å². The molecule has 1 fully saturated rings. The van der Waals surface area contributed by atoms with Crippen molar-refractivity contribution in [1.29, 1.82) is 0 Å². The van der Waals surface area contributed by atoms with Crippen molar-refractivity contribution in [3.05, 3.63) is 0 Å². The van der Waals surface area contributed by atoms with Gasteiger partial charge in [0.05, 0.1) is 6.54 Å². The van der Waals surface area contributed by atoms with Crippen molar-refractivity contribution in [2.75, 3.05) is 27.7 Å². The minimum atomic E-state index is 0.0498. The molecule has 0 spiro atoms. The minimum Gasteiger partial charge on any atom is -0.340 e. The highest BCUT2D eigenvalue weighted by atomic mass is 16.2. The zero-order chi connectivity index (χ0) is 11.4. The molecule has 0 aromatic heterocycles. The standard InChI is InChI=1S/C11H23N3O/c1-13(2)9-6-4-5-7-10(9)14(3)11(15)8-12/h9-10H,4-8,12H2,1-3H3. The van der Waals surface area contributed by atoms with E-state index in [2.05, 4.69) is 19.0 Å². The van der Waals surface area contributed by atoms with E-state index in [0.717, 1.165) is 6.42 Å². The number of nitrogens with zero attached hydrogens (tertiary/aromatic N) is 2. The average Bonchev–Trinajstić information content (AvgIpc) is 2.27. The van der Waals surface area contributed by atoms with Crippen LogP contribution in [0, 0.1) is 0 Å². The van der Waals surface area contributed by atoms with Crippen molar-refractivity contribution in [3.63, 3.8) is 0 Å². The molecule has 2 unspecified atom stereocenters. The van der Waals surface area contributed by atoms with Gasteiger partial charge in [0.25, 0.3) is 0 Å². The summed E-state index contributed by atoms with van der Waals surface area (Å²) in [7, 11) is 6.05. The molecule has 2 atom stereocenters. The van der Waals surface area contributed by atoms with Crippen LogP contribution in [0.25, 0.3) is 0 Å². The summed E-state index contributed by atoms with van der Waals surface area (Å²) in [5, 5.41) is 0. The molecular weight excluding hydrogens is 190 g/mol. The van der Waals surface area contributed by atoms with Gasteiger partial charge in [0.15, 0.2) is 0 Å². The van der Waals surface area contributed by atoms with Crippen LogP contribution in [0.15, 0.2) is 0 Å². The lowest BCUT2D eigenvalue weighted by atomic mass is 9.88. The second kappa shape index (κ2) is 5.47. The summed E-state index contributed by atoms with van der Waals surface area (Å²) in [4.78, 5) is 15.6. The molecule has 15 heavy (non-hydrogen) atoms. The molecule has 0 saturated heterocycles. The van der Waals surface area contributed by atoms with Crippen molar-refractivity contribution in [2.45, 2.75) is 37.8 Å². The van der Waals surface area contributed by atoms with E-state index < -0.39 is 0 Å². The molecule has 1 amide bonds. The molecule has 1 rings (SSSR count). The second-order valence-electron chi connectivity index (χ2n) is 4.59. The molecule has 0 aromatic carbocycles. The first kappa shape index (κ1) is 12.5. The zero-order valence-corrected chi connectivity index (χ0v) is 10.1. The number of amides is 1. The van der Waals surface area contributed by atoms with Gasteiger partial charge >= 0.3 is 0 Å². The fourth-order valence-electron chi connectivity index (χ4n) is 2.47. The third-order valence-corrected chi connectivity index (χ3v) is 3.42. The second-order valence-corrected chi connectivity index (χ2v) is 4.59. The van der Waals surface area contributed by atoms with Crippen molar-refractivity contribution < 1.29 is 4.79 Å². The Bertz CT molecular complexity index is 218. The molecule has 1 aliphatic rings. The summed E-state index contributed by atoms with van der Waals surface area (Å²) < 4.78 is 0. The van der Waals surface area contributed by atoms with Crippen LogP contribution in [-0.2, 0) is 4.79 Å². The fourth-order valence-corrected chi connectivity index (χ4v) is 2.47. The highest BCUT2D eigenvalue weighted by Crippen LogP contribution is 2.25. The maximum Gasteiger partial charge on any atom is 0.236 e. The minimum absolute atomic E-state index is 0.0498. The average molecular weight is 213 g/mol. The van der Waals surface area contributed by atoms with Crippen LogP contribution < -0.4 is 5.73 Å². The van der Waals surface area contributed by atoms with E-state index in [1.165, 1.54) is 19.3 Å². The highest BCUT2D eigenvalue weighted by molar-refractivity contribution is 5.78. The van der Waals surface area contributed by atoms with Crippen LogP contribution in [0.1, 0.15) is 25.7 Å². The van der Waals surface area contributed by atoms with Crippen LogP contribution in [0.3, 0.4) is 0 Å². The van der Waals surface area contributed by atoms with Gasteiger partial charge in [-0.2, -0.15) is 0 Å². The van der Waals surface area contributed by atoms with E-state index in [0.29, 0.717) is 12.1 Å². The van der Waals surface area contributed by atoms with Crippen molar-refractivity contribution in [3.8, 4) is 0 Å². The number of nitrogens with two attached hydrogens (primary N) is 1. The molecule has 0 aliphatic heterocycles. The summed E-state index contributed by atoms with van der Waals surface area (Å²) in [6.45, 7) is 0.118. The molecule has 2 N–H and O–H groups in total. The predicted molar refractivity (Wildman–Crippen MR) is 61.6 cm³/mol. The third-order valence-electron chi connectivity index (χ3n) is 3.42. The normalized spacial score (nSPS) is 26.7. The van der Waals surface area contributed by atoms with Crippen LogP contribution in [0.2, 0.25) is 0 Å². The summed E-state index contributed by atoms with van der Waals surface area (Å²) in [6, 6.07) is 0.823. The van der Waals surface area contributed by atoms with Gasteiger partial charge in [-0.05, 0) is 26.9 Å². The Morgan fingerprint density at radius 3 is 2.20 bits per heavy atom. The first-order valence-corrected chi connectivity index (χ1v) is 5.70. The van der Waals surface area contributed by atoms with Crippen LogP contribution in [0.4, 0.5) is 0 Å². The van der Waals surface area contributed by atoms with Gasteiger partial charge in [-0.3, -0.25) is 4.79 Å². The number of rotatable bonds is 3. The number of hydrogen-bond acceptors (Lipinski definition) is 3. The largest absolute Gasteiger partial charge is 0.340 e. The molecule has 0 aromatic rings. The topological polar surface area (TPSA) is 49.6 Å². The Balaban J connectivity index is 2.67. The van der Waals surface area contributed by atoms with E-state index in [1.807, 2.05) is 11.9 Å². The lowest BCUT2D eigenvalue weighted by Gasteiger charge is -2.41. The van der Waals surface area contributed by atoms with E-state index >= 15 is 0 Å². The predicted octanol–water partition coefficient (Wildman–Crippen LogP) is 0.276. The van der Waals surface area contributed by atoms with E-state index in [1.54, 1.807) is 0 Å². The third kappa shape index (κ3) is 2.92. The lowest BCUT2D eigenvalue weighted by Crippen LogP contribution is -2.52. The van der Waals surface area contributed by atoms with Crippen LogP contribution >= 0.6 is 0 Å². The Kier molecular flexibility index (Phi) is 4.54. The number of carbonyl (C=O) groups is 1. The van der Waals surface area contributed by atoms with E-state index in [-0.39, 0.29) is 12.5 Å².